The number of hydrogen-bond acceptors (Lipinski definition) is 6. The van der Waals surface area contributed by atoms with Crippen molar-refractivity contribution in [1.82, 2.24) is 29.9 Å². The van der Waals surface area contributed by atoms with Crippen LogP contribution < -0.4 is 4.74 Å². The highest BCUT2D eigenvalue weighted by molar-refractivity contribution is 6.36. The molecule has 6 rings (SSSR count). The molecule has 0 radical (unpaired) electrons. The van der Waals surface area contributed by atoms with Crippen LogP contribution in [0.1, 0.15) is 43.2 Å². The number of aromatic amines is 1. The quantitative estimate of drug-likeness (QED) is 0.351. The van der Waals surface area contributed by atoms with Gasteiger partial charge in [0, 0.05) is 42.0 Å². The van der Waals surface area contributed by atoms with Gasteiger partial charge in [-0.15, -0.1) is 0 Å². The molecule has 2 fully saturated rings. The first-order valence-electron chi connectivity index (χ1n) is 12.3. The molecule has 0 unspecified atom stereocenters. The molecule has 4 aromatic rings. The zero-order valence-corrected chi connectivity index (χ0v) is 21.8. The summed E-state index contributed by atoms with van der Waals surface area (Å²) in [5, 5.41) is 14.4. The Labute approximate surface area is 219 Å². The Balaban J connectivity index is 1.21. The first-order valence-corrected chi connectivity index (χ1v) is 13.0. The Bertz CT molecular complexity index is 1390. The van der Waals surface area contributed by atoms with E-state index in [9.17, 15) is 0 Å². The Morgan fingerprint density at radius 1 is 1.14 bits per heavy atom. The van der Waals surface area contributed by atoms with Gasteiger partial charge >= 0.3 is 0 Å². The summed E-state index contributed by atoms with van der Waals surface area (Å²) >= 11 is 12.9. The maximum atomic E-state index is 6.48. The summed E-state index contributed by atoms with van der Waals surface area (Å²) in [6.45, 7) is 7.70. The molecule has 1 N–H and O–H groups in total. The van der Waals surface area contributed by atoms with Crippen LogP contribution in [0.5, 0.6) is 5.75 Å². The summed E-state index contributed by atoms with van der Waals surface area (Å²) in [6.07, 6.45) is 7.45. The van der Waals surface area contributed by atoms with Crippen LogP contribution in [0.15, 0.2) is 36.8 Å². The number of halogens is 2. The first-order chi connectivity index (χ1) is 17.5. The molecule has 188 valence electrons. The number of aryl methyl sites for hydroxylation is 1. The Hall–Kier alpha value is -2.65. The molecule has 2 aliphatic rings. The van der Waals surface area contributed by atoms with Crippen molar-refractivity contribution < 1.29 is 9.47 Å². The summed E-state index contributed by atoms with van der Waals surface area (Å²) < 4.78 is 13.7. The van der Waals surface area contributed by atoms with E-state index >= 15 is 0 Å². The molecular weight excluding hydrogens is 499 g/mol. The van der Waals surface area contributed by atoms with Gasteiger partial charge in [0.1, 0.15) is 17.5 Å². The molecule has 0 bridgehead atoms. The van der Waals surface area contributed by atoms with E-state index in [1.807, 2.05) is 38.2 Å². The fourth-order valence-electron chi connectivity index (χ4n) is 5.11. The van der Waals surface area contributed by atoms with Gasteiger partial charge in [0.2, 0.25) is 0 Å². The molecule has 0 spiro atoms. The third kappa shape index (κ3) is 4.36. The molecular formula is C26H28Cl2N6O2. The van der Waals surface area contributed by atoms with Gasteiger partial charge in [-0.1, -0.05) is 23.2 Å². The van der Waals surface area contributed by atoms with Crippen molar-refractivity contribution in [2.45, 2.75) is 44.9 Å². The lowest BCUT2D eigenvalue weighted by molar-refractivity contribution is -0.0734. The van der Waals surface area contributed by atoms with E-state index in [2.05, 4.69) is 31.0 Å². The number of H-pyrrole nitrogens is 1. The number of nitrogens with zero attached hydrogens (tertiary/aromatic N) is 5. The highest BCUT2D eigenvalue weighted by atomic mass is 35.5. The summed E-state index contributed by atoms with van der Waals surface area (Å²) in [6, 6.07) is 6.89. The molecule has 1 aromatic carbocycles. The molecule has 2 saturated heterocycles. The number of ether oxygens (including phenoxy) is 2. The summed E-state index contributed by atoms with van der Waals surface area (Å²) in [5.74, 6) is 0.707. The number of likely N-dealkylation sites (tertiary alicyclic amines) is 1. The predicted octanol–water partition coefficient (Wildman–Crippen LogP) is 5.61. The normalized spacial score (nSPS) is 18.4. The van der Waals surface area contributed by atoms with Gasteiger partial charge in [-0.2, -0.15) is 10.2 Å². The monoisotopic (exact) mass is 526 g/mol. The predicted molar refractivity (Wildman–Crippen MR) is 140 cm³/mol. The highest BCUT2D eigenvalue weighted by Gasteiger charge is 2.30. The average molecular weight is 527 g/mol. The summed E-state index contributed by atoms with van der Waals surface area (Å²) in [5.41, 5.74) is 4.23. The van der Waals surface area contributed by atoms with E-state index in [0.29, 0.717) is 27.9 Å². The number of rotatable bonds is 6. The lowest BCUT2D eigenvalue weighted by Crippen LogP contribution is -2.51. The maximum absolute atomic E-state index is 6.48. The smallest absolute Gasteiger partial charge is 0.124 e. The second-order valence-electron chi connectivity index (χ2n) is 9.63. The third-order valence-corrected chi connectivity index (χ3v) is 8.10. The van der Waals surface area contributed by atoms with Crippen molar-refractivity contribution >= 4 is 34.1 Å². The SMILES string of the molecule is Cc1ncc(Cl)c([C@@H](C)Oc2ccc3[nH]nc(-c4cnn(C5CCN(C6COC6)CC5)c4)c3c2)c1Cl. The van der Waals surface area contributed by atoms with Crippen LogP contribution in [0, 0.1) is 6.92 Å². The van der Waals surface area contributed by atoms with E-state index in [-0.39, 0.29) is 6.10 Å². The molecule has 10 heteroatoms. The lowest BCUT2D eigenvalue weighted by atomic mass is 10.0. The van der Waals surface area contributed by atoms with Gasteiger partial charge < -0.3 is 9.47 Å². The van der Waals surface area contributed by atoms with Crippen LogP contribution in [0.4, 0.5) is 0 Å². The Morgan fingerprint density at radius 2 is 1.94 bits per heavy atom. The summed E-state index contributed by atoms with van der Waals surface area (Å²) in [7, 11) is 0. The molecule has 0 saturated carbocycles. The van der Waals surface area contributed by atoms with Crippen LogP contribution >= 0.6 is 23.2 Å². The van der Waals surface area contributed by atoms with Crippen molar-refractivity contribution in [1.29, 1.82) is 0 Å². The van der Waals surface area contributed by atoms with Crippen LogP contribution in [0.2, 0.25) is 10.0 Å². The van der Waals surface area contributed by atoms with Crippen LogP contribution in [-0.4, -0.2) is 62.2 Å². The second-order valence-corrected chi connectivity index (χ2v) is 10.4. The fraction of sp³-hybridized carbons (Fsp3) is 0.423. The van der Waals surface area contributed by atoms with Crippen molar-refractivity contribution in [3.05, 3.63) is 58.1 Å². The molecule has 2 aliphatic heterocycles. The zero-order valence-electron chi connectivity index (χ0n) is 20.2. The highest BCUT2D eigenvalue weighted by Crippen LogP contribution is 2.36. The van der Waals surface area contributed by atoms with Crippen molar-refractivity contribution in [3.8, 4) is 17.0 Å². The number of fused-ring (bicyclic) bond motifs is 1. The Kier molecular flexibility index (Phi) is 6.37. The topological polar surface area (TPSA) is 81.1 Å². The van der Waals surface area contributed by atoms with Gasteiger partial charge in [-0.05, 0) is 44.9 Å². The number of nitrogens with one attached hydrogen (secondary N) is 1. The van der Waals surface area contributed by atoms with Gasteiger partial charge in [0.05, 0.1) is 52.8 Å². The zero-order chi connectivity index (χ0) is 24.8. The van der Waals surface area contributed by atoms with Crippen LogP contribution in [0.3, 0.4) is 0 Å². The van der Waals surface area contributed by atoms with Crippen LogP contribution in [0.25, 0.3) is 22.2 Å². The fourth-order valence-corrected chi connectivity index (χ4v) is 5.76. The number of benzene rings is 1. The number of piperidine rings is 1. The van der Waals surface area contributed by atoms with E-state index in [1.54, 1.807) is 6.20 Å². The molecule has 8 nitrogen and oxygen atoms in total. The van der Waals surface area contributed by atoms with E-state index in [0.717, 1.165) is 72.6 Å². The molecule has 5 heterocycles. The van der Waals surface area contributed by atoms with E-state index in [1.165, 1.54) is 0 Å². The van der Waals surface area contributed by atoms with Gasteiger partial charge in [0.25, 0.3) is 0 Å². The summed E-state index contributed by atoms with van der Waals surface area (Å²) in [4.78, 5) is 6.76. The first kappa shape index (κ1) is 23.7. The molecule has 0 aliphatic carbocycles. The molecule has 3 aromatic heterocycles. The maximum Gasteiger partial charge on any atom is 0.124 e. The minimum atomic E-state index is -0.348. The second kappa shape index (κ2) is 9.67. The minimum absolute atomic E-state index is 0.348. The lowest BCUT2D eigenvalue weighted by Gasteiger charge is -2.41. The van der Waals surface area contributed by atoms with Crippen molar-refractivity contribution in [2.75, 3.05) is 26.3 Å². The molecule has 36 heavy (non-hydrogen) atoms. The largest absolute Gasteiger partial charge is 0.486 e. The third-order valence-electron chi connectivity index (χ3n) is 7.32. The van der Waals surface area contributed by atoms with Gasteiger partial charge in [-0.25, -0.2) is 0 Å². The van der Waals surface area contributed by atoms with Crippen molar-refractivity contribution in [3.63, 3.8) is 0 Å². The van der Waals surface area contributed by atoms with Gasteiger partial charge in [0.15, 0.2) is 0 Å². The van der Waals surface area contributed by atoms with E-state index in [4.69, 9.17) is 37.8 Å². The molecule has 1 atom stereocenters. The molecule has 0 amide bonds. The number of aromatic nitrogens is 5. The number of hydrogen-bond donors (Lipinski definition) is 1. The number of pyridine rings is 1. The van der Waals surface area contributed by atoms with E-state index < -0.39 is 0 Å². The average Bonchev–Trinajstić information content (AvgIpc) is 3.48. The standard InChI is InChI=1S/C26H28Cl2N6O2/c1-15-25(28)24(22(27)11-29-15)16(2)36-20-3-4-23-21(9-20)26(32-31-23)17-10-30-34(12-17)18-5-7-33(8-6-18)19-13-35-14-19/h3-4,9-12,16,18-19H,5-8,13-14H2,1-2H3,(H,31,32)/t16-/m1/s1. The van der Waals surface area contributed by atoms with Gasteiger partial charge in [-0.3, -0.25) is 19.7 Å². The Morgan fingerprint density at radius 3 is 2.69 bits per heavy atom. The minimum Gasteiger partial charge on any atom is -0.486 e. The van der Waals surface area contributed by atoms with Crippen LogP contribution in [-0.2, 0) is 4.74 Å². The van der Waals surface area contributed by atoms with Crippen molar-refractivity contribution in [2.24, 2.45) is 0 Å².